The molecule has 114 valence electrons. The van der Waals surface area contributed by atoms with E-state index in [1.807, 2.05) is 18.2 Å². The lowest BCUT2D eigenvalue weighted by atomic mass is 9.96. The summed E-state index contributed by atoms with van der Waals surface area (Å²) < 4.78 is 24.5. The second kappa shape index (κ2) is 8.15. The largest absolute Gasteiger partial charge is 0.314 e. The fourth-order valence-electron chi connectivity index (χ4n) is 2.02. The predicted molar refractivity (Wildman–Crippen MR) is 89.0 cm³/mol. The van der Waals surface area contributed by atoms with Crippen molar-refractivity contribution in [2.45, 2.75) is 39.2 Å². The lowest BCUT2D eigenvalue weighted by molar-refractivity contribution is 0.516. The van der Waals surface area contributed by atoms with Gasteiger partial charge in [-0.25, -0.2) is 8.42 Å². The lowest BCUT2D eigenvalue weighted by Gasteiger charge is -2.21. The van der Waals surface area contributed by atoms with Gasteiger partial charge in [0.1, 0.15) is 9.84 Å². The first kappa shape index (κ1) is 17.7. The van der Waals surface area contributed by atoms with E-state index in [9.17, 15) is 8.42 Å². The number of benzene rings is 1. The summed E-state index contributed by atoms with van der Waals surface area (Å²) in [6.07, 6.45) is 0.651. The second-order valence-corrected chi connectivity index (χ2v) is 8.63. The van der Waals surface area contributed by atoms with Crippen molar-refractivity contribution >= 4 is 25.8 Å². The summed E-state index contributed by atoms with van der Waals surface area (Å²) in [7, 11) is -2.92. The van der Waals surface area contributed by atoms with Gasteiger partial charge in [-0.1, -0.05) is 54.9 Å². The number of nitrogens with one attached hydrogen (secondary N) is 1. The van der Waals surface area contributed by atoms with E-state index in [4.69, 9.17) is 0 Å². The number of hydrogen-bond acceptors (Lipinski definition) is 3. The molecule has 5 heteroatoms. The van der Waals surface area contributed by atoms with Crippen molar-refractivity contribution in [2.24, 2.45) is 0 Å². The Morgan fingerprint density at radius 3 is 2.45 bits per heavy atom. The van der Waals surface area contributed by atoms with E-state index in [0.29, 0.717) is 12.5 Å². The summed E-state index contributed by atoms with van der Waals surface area (Å²) in [5.74, 6) is 0.664. The van der Waals surface area contributed by atoms with Gasteiger partial charge in [0.25, 0.3) is 0 Å². The zero-order valence-corrected chi connectivity index (χ0v) is 14.8. The van der Waals surface area contributed by atoms with E-state index in [1.165, 1.54) is 5.56 Å². The van der Waals surface area contributed by atoms with Gasteiger partial charge in [-0.3, -0.25) is 0 Å². The van der Waals surface area contributed by atoms with E-state index in [-0.39, 0.29) is 17.4 Å². The number of halogens is 1. The van der Waals surface area contributed by atoms with Crippen LogP contribution in [0.5, 0.6) is 0 Å². The van der Waals surface area contributed by atoms with Crippen LogP contribution in [0.4, 0.5) is 0 Å². The normalized spacial score (nSPS) is 13.7. The Bertz CT molecular complexity index is 514. The van der Waals surface area contributed by atoms with E-state index in [2.05, 4.69) is 41.2 Å². The Morgan fingerprint density at radius 2 is 1.90 bits per heavy atom. The number of rotatable bonds is 8. The van der Waals surface area contributed by atoms with Crippen molar-refractivity contribution in [3.63, 3.8) is 0 Å². The SMILES string of the molecule is CCS(=O)(=O)CCC(CNC(C)C)c1ccccc1Br. The molecule has 0 aliphatic carbocycles. The van der Waals surface area contributed by atoms with Crippen LogP contribution in [0.3, 0.4) is 0 Å². The maximum atomic E-state index is 11.7. The first-order valence-electron chi connectivity index (χ1n) is 7.04. The summed E-state index contributed by atoms with van der Waals surface area (Å²) in [6, 6.07) is 8.43. The van der Waals surface area contributed by atoms with Gasteiger partial charge in [0.2, 0.25) is 0 Å². The van der Waals surface area contributed by atoms with Crippen LogP contribution in [0.15, 0.2) is 28.7 Å². The van der Waals surface area contributed by atoms with E-state index in [0.717, 1.165) is 11.0 Å². The fraction of sp³-hybridized carbons (Fsp3) is 0.600. The van der Waals surface area contributed by atoms with Gasteiger partial charge in [-0.2, -0.15) is 0 Å². The average Bonchev–Trinajstić information content (AvgIpc) is 2.40. The maximum Gasteiger partial charge on any atom is 0.150 e. The molecule has 1 rings (SSSR count). The van der Waals surface area contributed by atoms with Crippen LogP contribution in [0, 0.1) is 0 Å². The molecule has 3 nitrogen and oxygen atoms in total. The third-order valence-electron chi connectivity index (χ3n) is 3.33. The van der Waals surface area contributed by atoms with Crippen LogP contribution in [-0.2, 0) is 9.84 Å². The molecule has 0 fully saturated rings. The monoisotopic (exact) mass is 361 g/mol. The Morgan fingerprint density at radius 1 is 1.25 bits per heavy atom. The van der Waals surface area contributed by atoms with Crippen LogP contribution in [-0.4, -0.2) is 32.5 Å². The Balaban J connectivity index is 2.83. The van der Waals surface area contributed by atoms with E-state index < -0.39 is 9.84 Å². The third-order valence-corrected chi connectivity index (χ3v) is 5.79. The van der Waals surface area contributed by atoms with Gasteiger partial charge in [-0.05, 0) is 24.0 Å². The quantitative estimate of drug-likeness (QED) is 0.771. The molecule has 1 unspecified atom stereocenters. The van der Waals surface area contributed by atoms with Gasteiger partial charge >= 0.3 is 0 Å². The Labute approximate surface area is 131 Å². The topological polar surface area (TPSA) is 46.2 Å². The molecule has 1 aromatic rings. The molecule has 0 spiro atoms. The van der Waals surface area contributed by atoms with Crippen molar-refractivity contribution in [1.82, 2.24) is 5.32 Å². The van der Waals surface area contributed by atoms with E-state index in [1.54, 1.807) is 6.92 Å². The van der Waals surface area contributed by atoms with Gasteiger partial charge in [0, 0.05) is 22.8 Å². The molecule has 0 aliphatic heterocycles. The molecule has 0 saturated carbocycles. The summed E-state index contributed by atoms with van der Waals surface area (Å²) >= 11 is 3.56. The highest BCUT2D eigenvalue weighted by Crippen LogP contribution is 2.27. The molecular formula is C15H24BrNO2S. The number of hydrogen-bond donors (Lipinski definition) is 1. The predicted octanol–water partition coefficient (Wildman–Crippen LogP) is 3.36. The van der Waals surface area contributed by atoms with Gasteiger partial charge < -0.3 is 5.32 Å². The minimum Gasteiger partial charge on any atom is -0.314 e. The standard InChI is InChI=1S/C15H24BrNO2S/c1-4-20(18,19)10-9-13(11-17-12(2)3)14-7-5-6-8-15(14)16/h5-8,12-13,17H,4,9-11H2,1-3H3. The summed E-state index contributed by atoms with van der Waals surface area (Å²) in [5.41, 5.74) is 1.17. The molecule has 0 saturated heterocycles. The molecule has 1 aromatic carbocycles. The van der Waals surface area contributed by atoms with Gasteiger partial charge in [0.05, 0.1) is 5.75 Å². The van der Waals surface area contributed by atoms with Crippen LogP contribution >= 0.6 is 15.9 Å². The van der Waals surface area contributed by atoms with Gasteiger partial charge in [-0.15, -0.1) is 0 Å². The number of sulfone groups is 1. The van der Waals surface area contributed by atoms with E-state index >= 15 is 0 Å². The summed E-state index contributed by atoms with van der Waals surface area (Å²) in [6.45, 7) is 6.69. The zero-order valence-electron chi connectivity index (χ0n) is 12.4. The minimum absolute atomic E-state index is 0.203. The van der Waals surface area contributed by atoms with Crippen molar-refractivity contribution in [1.29, 1.82) is 0 Å². The lowest BCUT2D eigenvalue weighted by Crippen LogP contribution is -2.29. The van der Waals surface area contributed by atoms with Crippen molar-refractivity contribution in [2.75, 3.05) is 18.1 Å². The molecule has 1 N–H and O–H groups in total. The summed E-state index contributed by atoms with van der Waals surface area (Å²) in [5, 5.41) is 3.41. The van der Waals surface area contributed by atoms with Crippen LogP contribution < -0.4 is 5.32 Å². The maximum absolute atomic E-state index is 11.7. The third kappa shape index (κ3) is 5.94. The molecule has 0 aliphatic rings. The van der Waals surface area contributed by atoms with Crippen molar-refractivity contribution in [3.8, 4) is 0 Å². The first-order valence-corrected chi connectivity index (χ1v) is 9.65. The summed E-state index contributed by atoms with van der Waals surface area (Å²) in [4.78, 5) is 0. The zero-order chi connectivity index (χ0) is 15.2. The fourth-order valence-corrected chi connectivity index (χ4v) is 3.56. The highest BCUT2D eigenvalue weighted by atomic mass is 79.9. The Hall–Kier alpha value is -0.390. The highest BCUT2D eigenvalue weighted by Gasteiger charge is 2.18. The molecule has 20 heavy (non-hydrogen) atoms. The average molecular weight is 362 g/mol. The molecule has 1 atom stereocenters. The minimum atomic E-state index is -2.92. The Kier molecular flexibility index (Phi) is 7.20. The second-order valence-electron chi connectivity index (χ2n) is 5.31. The molecule has 0 radical (unpaired) electrons. The van der Waals surface area contributed by atoms with Crippen LogP contribution in [0.2, 0.25) is 0 Å². The van der Waals surface area contributed by atoms with Crippen molar-refractivity contribution < 1.29 is 8.42 Å². The molecule has 0 aromatic heterocycles. The van der Waals surface area contributed by atoms with Crippen LogP contribution in [0.1, 0.15) is 38.7 Å². The van der Waals surface area contributed by atoms with Crippen molar-refractivity contribution in [3.05, 3.63) is 34.3 Å². The molecule has 0 heterocycles. The molecule has 0 amide bonds. The highest BCUT2D eigenvalue weighted by molar-refractivity contribution is 9.10. The first-order chi connectivity index (χ1) is 9.35. The van der Waals surface area contributed by atoms with Gasteiger partial charge in [0.15, 0.2) is 0 Å². The van der Waals surface area contributed by atoms with Crippen LogP contribution in [0.25, 0.3) is 0 Å². The molecular weight excluding hydrogens is 338 g/mol. The molecule has 0 bridgehead atoms. The smallest absolute Gasteiger partial charge is 0.150 e.